The molecular weight excluding hydrogens is 328 g/mol. The highest BCUT2D eigenvalue weighted by Crippen LogP contribution is 2.18. The fourth-order valence-electron chi connectivity index (χ4n) is 2.27. The molecule has 0 aliphatic carbocycles. The van der Waals surface area contributed by atoms with Gasteiger partial charge in [0.25, 0.3) is 5.91 Å². The summed E-state index contributed by atoms with van der Waals surface area (Å²) in [6.07, 6.45) is 3.39. The standard InChI is InChI=1S/C21H20N2O3/c24-21(23-14-17-10-12-22-13-11-17)16-26-20-8-6-19(7-9-20)25-15-18-4-2-1-3-5-18/h1-13H,14-16H2,(H,23,24). The summed E-state index contributed by atoms with van der Waals surface area (Å²) in [6.45, 7) is 0.935. The third-order valence-electron chi connectivity index (χ3n) is 3.68. The molecular formula is C21H20N2O3. The summed E-state index contributed by atoms with van der Waals surface area (Å²) in [4.78, 5) is 15.8. The number of hydrogen-bond donors (Lipinski definition) is 1. The van der Waals surface area contributed by atoms with Crippen molar-refractivity contribution in [2.45, 2.75) is 13.2 Å². The fourth-order valence-corrected chi connectivity index (χ4v) is 2.27. The Bertz CT molecular complexity index is 806. The molecule has 5 heteroatoms. The lowest BCUT2D eigenvalue weighted by atomic mass is 10.2. The number of ether oxygens (including phenoxy) is 2. The van der Waals surface area contributed by atoms with E-state index < -0.39 is 0 Å². The topological polar surface area (TPSA) is 60.5 Å². The molecule has 5 nitrogen and oxygen atoms in total. The number of hydrogen-bond acceptors (Lipinski definition) is 4. The van der Waals surface area contributed by atoms with Gasteiger partial charge in [0.15, 0.2) is 6.61 Å². The molecule has 0 aliphatic rings. The molecule has 1 aromatic heterocycles. The number of benzene rings is 2. The van der Waals surface area contributed by atoms with E-state index in [2.05, 4.69) is 10.3 Å². The lowest BCUT2D eigenvalue weighted by molar-refractivity contribution is -0.123. The molecule has 1 amide bonds. The van der Waals surface area contributed by atoms with Crippen LogP contribution in [0.4, 0.5) is 0 Å². The second kappa shape index (κ2) is 9.22. The average Bonchev–Trinajstić information content (AvgIpc) is 2.71. The van der Waals surface area contributed by atoms with Crippen molar-refractivity contribution in [1.29, 1.82) is 0 Å². The zero-order valence-corrected chi connectivity index (χ0v) is 14.3. The van der Waals surface area contributed by atoms with E-state index in [1.54, 1.807) is 24.5 Å². The summed E-state index contributed by atoms with van der Waals surface area (Å²) in [7, 11) is 0. The zero-order valence-electron chi connectivity index (χ0n) is 14.3. The van der Waals surface area contributed by atoms with Gasteiger partial charge in [0.1, 0.15) is 18.1 Å². The Morgan fingerprint density at radius 1 is 0.808 bits per heavy atom. The van der Waals surface area contributed by atoms with E-state index in [0.29, 0.717) is 18.9 Å². The van der Waals surface area contributed by atoms with Crippen LogP contribution in [0.15, 0.2) is 79.1 Å². The van der Waals surface area contributed by atoms with Crippen LogP contribution < -0.4 is 14.8 Å². The normalized spacial score (nSPS) is 10.2. The van der Waals surface area contributed by atoms with Crippen LogP contribution in [-0.4, -0.2) is 17.5 Å². The number of amides is 1. The van der Waals surface area contributed by atoms with Gasteiger partial charge in [-0.2, -0.15) is 0 Å². The molecule has 2 aromatic carbocycles. The number of aromatic nitrogens is 1. The number of carbonyl (C=O) groups excluding carboxylic acids is 1. The molecule has 0 aliphatic heterocycles. The monoisotopic (exact) mass is 348 g/mol. The van der Waals surface area contributed by atoms with Gasteiger partial charge in [0.2, 0.25) is 0 Å². The first-order valence-electron chi connectivity index (χ1n) is 8.35. The number of nitrogens with one attached hydrogen (secondary N) is 1. The van der Waals surface area contributed by atoms with E-state index in [4.69, 9.17) is 9.47 Å². The molecule has 0 saturated heterocycles. The highest BCUT2D eigenvalue weighted by molar-refractivity contribution is 5.77. The fraction of sp³-hybridized carbons (Fsp3) is 0.143. The minimum atomic E-state index is -0.175. The summed E-state index contributed by atoms with van der Waals surface area (Å²) in [5.74, 6) is 1.20. The average molecular weight is 348 g/mol. The largest absolute Gasteiger partial charge is 0.489 e. The number of pyridine rings is 1. The van der Waals surface area contributed by atoms with Gasteiger partial charge in [-0.25, -0.2) is 0 Å². The Morgan fingerprint density at radius 2 is 1.46 bits per heavy atom. The van der Waals surface area contributed by atoms with Gasteiger partial charge >= 0.3 is 0 Å². The maximum atomic E-state index is 11.8. The van der Waals surface area contributed by atoms with Crippen LogP contribution in [0.5, 0.6) is 11.5 Å². The van der Waals surface area contributed by atoms with Crippen LogP contribution in [0.2, 0.25) is 0 Å². The molecule has 0 fully saturated rings. The van der Waals surface area contributed by atoms with Crippen molar-refractivity contribution in [2.75, 3.05) is 6.61 Å². The first kappa shape index (κ1) is 17.5. The van der Waals surface area contributed by atoms with Crippen LogP contribution >= 0.6 is 0 Å². The van der Waals surface area contributed by atoms with Crippen LogP contribution in [0.25, 0.3) is 0 Å². The van der Waals surface area contributed by atoms with Gasteiger partial charge in [-0.05, 0) is 47.5 Å². The lowest BCUT2D eigenvalue weighted by Gasteiger charge is -2.09. The van der Waals surface area contributed by atoms with Crippen molar-refractivity contribution in [3.8, 4) is 11.5 Å². The van der Waals surface area contributed by atoms with Crippen LogP contribution in [0.3, 0.4) is 0 Å². The predicted octanol–water partition coefficient (Wildman–Crippen LogP) is 3.36. The van der Waals surface area contributed by atoms with Crippen molar-refractivity contribution in [1.82, 2.24) is 10.3 Å². The molecule has 1 N–H and O–H groups in total. The van der Waals surface area contributed by atoms with Crippen LogP contribution in [0.1, 0.15) is 11.1 Å². The molecule has 0 spiro atoms. The Morgan fingerprint density at radius 3 is 2.15 bits per heavy atom. The van der Waals surface area contributed by atoms with Gasteiger partial charge in [-0.1, -0.05) is 30.3 Å². The van der Waals surface area contributed by atoms with E-state index in [0.717, 1.165) is 16.9 Å². The molecule has 0 saturated carbocycles. The molecule has 0 radical (unpaired) electrons. The van der Waals surface area contributed by atoms with Crippen molar-refractivity contribution in [3.05, 3.63) is 90.3 Å². The highest BCUT2D eigenvalue weighted by Gasteiger charge is 2.03. The maximum absolute atomic E-state index is 11.8. The smallest absolute Gasteiger partial charge is 0.258 e. The second-order valence-electron chi connectivity index (χ2n) is 5.67. The highest BCUT2D eigenvalue weighted by atomic mass is 16.5. The SMILES string of the molecule is O=C(COc1ccc(OCc2ccccc2)cc1)NCc1ccncc1. The third kappa shape index (κ3) is 5.63. The van der Waals surface area contributed by atoms with E-state index in [-0.39, 0.29) is 12.5 Å². The Labute approximate surface area is 152 Å². The summed E-state index contributed by atoms with van der Waals surface area (Å²) in [5.41, 5.74) is 2.10. The minimum absolute atomic E-state index is 0.0324. The molecule has 0 atom stereocenters. The quantitative estimate of drug-likeness (QED) is 0.678. The summed E-state index contributed by atoms with van der Waals surface area (Å²) in [6, 6.07) is 20.9. The van der Waals surface area contributed by atoms with E-state index >= 15 is 0 Å². The summed E-state index contributed by atoms with van der Waals surface area (Å²) in [5, 5.41) is 2.80. The van der Waals surface area contributed by atoms with Crippen molar-refractivity contribution in [3.63, 3.8) is 0 Å². The van der Waals surface area contributed by atoms with Crippen molar-refractivity contribution < 1.29 is 14.3 Å². The van der Waals surface area contributed by atoms with Gasteiger partial charge < -0.3 is 14.8 Å². The molecule has 0 unspecified atom stereocenters. The predicted molar refractivity (Wildman–Crippen MR) is 98.8 cm³/mol. The molecule has 3 rings (SSSR count). The second-order valence-corrected chi connectivity index (χ2v) is 5.67. The van der Waals surface area contributed by atoms with Crippen LogP contribution in [0, 0.1) is 0 Å². The Balaban J connectivity index is 1.40. The van der Waals surface area contributed by atoms with Crippen LogP contribution in [-0.2, 0) is 17.9 Å². The van der Waals surface area contributed by atoms with E-state index in [9.17, 15) is 4.79 Å². The van der Waals surface area contributed by atoms with Crippen molar-refractivity contribution in [2.24, 2.45) is 0 Å². The number of nitrogens with zero attached hydrogens (tertiary/aromatic N) is 1. The molecule has 26 heavy (non-hydrogen) atoms. The third-order valence-corrected chi connectivity index (χ3v) is 3.68. The first-order chi connectivity index (χ1) is 12.8. The van der Waals surface area contributed by atoms with Gasteiger partial charge in [-0.3, -0.25) is 9.78 Å². The Kier molecular flexibility index (Phi) is 6.20. The maximum Gasteiger partial charge on any atom is 0.258 e. The first-order valence-corrected chi connectivity index (χ1v) is 8.35. The van der Waals surface area contributed by atoms with E-state index in [1.165, 1.54) is 0 Å². The summed E-state index contributed by atoms with van der Waals surface area (Å²) < 4.78 is 11.2. The van der Waals surface area contributed by atoms with Gasteiger partial charge in [0.05, 0.1) is 0 Å². The summed E-state index contributed by atoms with van der Waals surface area (Å²) >= 11 is 0. The van der Waals surface area contributed by atoms with Gasteiger partial charge in [0, 0.05) is 18.9 Å². The lowest BCUT2D eigenvalue weighted by Crippen LogP contribution is -2.28. The van der Waals surface area contributed by atoms with Crippen molar-refractivity contribution >= 4 is 5.91 Å². The number of rotatable bonds is 8. The molecule has 1 heterocycles. The molecule has 3 aromatic rings. The molecule has 0 bridgehead atoms. The van der Waals surface area contributed by atoms with E-state index in [1.807, 2.05) is 54.6 Å². The molecule has 132 valence electrons. The zero-order chi connectivity index (χ0) is 18.0. The Hall–Kier alpha value is -3.34. The number of carbonyl (C=O) groups is 1. The van der Waals surface area contributed by atoms with Gasteiger partial charge in [-0.15, -0.1) is 0 Å². The minimum Gasteiger partial charge on any atom is -0.489 e.